The van der Waals surface area contributed by atoms with Gasteiger partial charge in [0.1, 0.15) is 17.4 Å². The Labute approximate surface area is 171 Å². The maximum absolute atomic E-state index is 13.2. The molecule has 1 unspecified atom stereocenters. The highest BCUT2D eigenvalue weighted by molar-refractivity contribution is 5.81. The Morgan fingerprint density at radius 1 is 1.03 bits per heavy atom. The Kier molecular flexibility index (Phi) is 6.06. The van der Waals surface area contributed by atoms with Gasteiger partial charge in [-0.05, 0) is 50.8 Å². The van der Waals surface area contributed by atoms with Gasteiger partial charge in [0.05, 0.1) is 0 Å². The van der Waals surface area contributed by atoms with Crippen LogP contribution in [0, 0.1) is 0 Å². The summed E-state index contributed by atoms with van der Waals surface area (Å²) in [5.41, 5.74) is 2.20. The standard InChI is InChI=1S/C24H28N2O3/c1-17(27)14-15-26(23(28)29-24(2,3)4)22(18-10-6-5-7-11-18)21-16-19-12-8-9-13-20(19)25-21/h5-13,16,22,25H,14-15H2,1-4H3. The van der Waals surface area contributed by atoms with Crippen molar-refractivity contribution in [2.24, 2.45) is 0 Å². The normalized spacial score (nSPS) is 12.6. The number of ether oxygens (including phenoxy) is 1. The van der Waals surface area contributed by atoms with E-state index in [1.165, 1.54) is 6.92 Å². The zero-order valence-electron chi connectivity index (χ0n) is 17.4. The number of carbonyl (C=O) groups is 2. The summed E-state index contributed by atoms with van der Waals surface area (Å²) in [6.07, 6.45) is -0.172. The monoisotopic (exact) mass is 392 g/mol. The van der Waals surface area contributed by atoms with E-state index in [-0.39, 0.29) is 18.7 Å². The van der Waals surface area contributed by atoms with E-state index in [4.69, 9.17) is 4.74 Å². The van der Waals surface area contributed by atoms with E-state index in [1.54, 1.807) is 4.90 Å². The van der Waals surface area contributed by atoms with Gasteiger partial charge in [0.2, 0.25) is 0 Å². The van der Waals surface area contributed by atoms with Crippen molar-refractivity contribution in [2.75, 3.05) is 6.54 Å². The molecule has 0 spiro atoms. The summed E-state index contributed by atoms with van der Waals surface area (Å²) in [6.45, 7) is 7.34. The number of amides is 1. The third-order valence-electron chi connectivity index (χ3n) is 4.61. The highest BCUT2D eigenvalue weighted by Crippen LogP contribution is 2.32. The van der Waals surface area contributed by atoms with Crippen LogP contribution in [0.5, 0.6) is 0 Å². The summed E-state index contributed by atoms with van der Waals surface area (Å²) in [6, 6.07) is 19.5. The Hall–Kier alpha value is -3.08. The number of rotatable bonds is 6. The lowest BCUT2D eigenvalue weighted by molar-refractivity contribution is -0.117. The maximum atomic E-state index is 13.2. The summed E-state index contributed by atoms with van der Waals surface area (Å²) in [7, 11) is 0. The van der Waals surface area contributed by atoms with Crippen molar-refractivity contribution in [3.63, 3.8) is 0 Å². The van der Waals surface area contributed by atoms with Gasteiger partial charge in [-0.15, -0.1) is 0 Å². The molecule has 3 aromatic rings. The summed E-state index contributed by atoms with van der Waals surface area (Å²) in [4.78, 5) is 30.0. The van der Waals surface area contributed by atoms with Gasteiger partial charge in [-0.25, -0.2) is 4.79 Å². The zero-order valence-corrected chi connectivity index (χ0v) is 17.4. The van der Waals surface area contributed by atoms with E-state index in [0.29, 0.717) is 0 Å². The second-order valence-electron chi connectivity index (χ2n) is 8.25. The minimum absolute atomic E-state index is 0.0296. The van der Waals surface area contributed by atoms with E-state index in [2.05, 4.69) is 11.1 Å². The first-order valence-electron chi connectivity index (χ1n) is 9.86. The van der Waals surface area contributed by atoms with Crippen LogP contribution in [0.25, 0.3) is 10.9 Å². The molecule has 29 heavy (non-hydrogen) atoms. The molecule has 5 nitrogen and oxygen atoms in total. The summed E-state index contributed by atoms with van der Waals surface area (Å²) in [5.74, 6) is 0.0296. The Balaban J connectivity index is 2.09. The smallest absolute Gasteiger partial charge is 0.411 e. The molecule has 1 aromatic heterocycles. The lowest BCUT2D eigenvalue weighted by Gasteiger charge is -2.33. The highest BCUT2D eigenvalue weighted by Gasteiger charge is 2.31. The molecular formula is C24H28N2O3. The number of benzene rings is 2. The number of ketones is 1. The number of fused-ring (bicyclic) bond motifs is 1. The molecular weight excluding hydrogens is 364 g/mol. The van der Waals surface area contributed by atoms with E-state index < -0.39 is 17.7 Å². The third-order valence-corrected chi connectivity index (χ3v) is 4.61. The maximum Gasteiger partial charge on any atom is 0.411 e. The average molecular weight is 392 g/mol. The number of aromatic amines is 1. The number of hydrogen-bond donors (Lipinski definition) is 1. The predicted molar refractivity (Wildman–Crippen MR) is 115 cm³/mol. The first-order chi connectivity index (χ1) is 13.7. The van der Waals surface area contributed by atoms with E-state index in [9.17, 15) is 9.59 Å². The Morgan fingerprint density at radius 2 is 1.69 bits per heavy atom. The molecule has 5 heteroatoms. The molecule has 0 aliphatic heterocycles. The lowest BCUT2D eigenvalue weighted by Crippen LogP contribution is -2.41. The van der Waals surface area contributed by atoms with E-state index in [0.717, 1.165) is 22.2 Å². The number of hydrogen-bond acceptors (Lipinski definition) is 3. The first-order valence-corrected chi connectivity index (χ1v) is 9.86. The molecule has 0 saturated heterocycles. The van der Waals surface area contributed by atoms with Crippen LogP contribution in [-0.4, -0.2) is 33.9 Å². The molecule has 1 N–H and O–H groups in total. The fraction of sp³-hybridized carbons (Fsp3) is 0.333. The van der Waals surface area contributed by atoms with Gasteiger partial charge >= 0.3 is 6.09 Å². The third kappa shape index (κ3) is 5.25. The number of H-pyrrole nitrogens is 1. The fourth-order valence-electron chi connectivity index (χ4n) is 3.33. The van der Waals surface area contributed by atoms with Crippen LogP contribution in [-0.2, 0) is 9.53 Å². The predicted octanol–water partition coefficient (Wildman–Crippen LogP) is 5.47. The molecule has 0 fully saturated rings. The first kappa shape index (κ1) is 20.6. The number of carbonyl (C=O) groups excluding carboxylic acids is 2. The molecule has 1 amide bonds. The fourth-order valence-corrected chi connectivity index (χ4v) is 3.33. The summed E-state index contributed by atoms with van der Waals surface area (Å²) >= 11 is 0. The number of nitrogens with zero attached hydrogens (tertiary/aromatic N) is 1. The SMILES string of the molecule is CC(=O)CCN(C(=O)OC(C)(C)C)C(c1ccccc1)c1cc2ccccc2[nH]1. The van der Waals surface area contributed by atoms with Gasteiger partial charge in [-0.1, -0.05) is 48.5 Å². The summed E-state index contributed by atoms with van der Waals surface area (Å²) < 4.78 is 5.69. The molecule has 0 saturated carbocycles. The largest absolute Gasteiger partial charge is 0.444 e. The minimum atomic E-state index is -0.632. The molecule has 0 bridgehead atoms. The van der Waals surface area contributed by atoms with Crippen LogP contribution in [0.4, 0.5) is 4.79 Å². The molecule has 0 aliphatic rings. The molecule has 1 heterocycles. The highest BCUT2D eigenvalue weighted by atomic mass is 16.6. The molecule has 152 valence electrons. The van der Waals surface area contributed by atoms with Crippen molar-refractivity contribution in [3.05, 3.63) is 71.9 Å². The van der Waals surface area contributed by atoms with E-state index >= 15 is 0 Å². The molecule has 1 atom stereocenters. The van der Waals surface area contributed by atoms with Crippen LogP contribution in [0.3, 0.4) is 0 Å². The number of aromatic nitrogens is 1. The van der Waals surface area contributed by atoms with Crippen molar-refractivity contribution in [1.82, 2.24) is 9.88 Å². The van der Waals surface area contributed by atoms with Crippen molar-refractivity contribution in [1.29, 1.82) is 0 Å². The Bertz CT molecular complexity index is 953. The average Bonchev–Trinajstić information content (AvgIpc) is 3.07. The van der Waals surface area contributed by atoms with Gasteiger partial charge in [-0.2, -0.15) is 0 Å². The lowest BCUT2D eigenvalue weighted by atomic mass is 10.0. The van der Waals surface area contributed by atoms with Crippen LogP contribution in [0.15, 0.2) is 60.7 Å². The number of Topliss-reactive ketones (excluding diaryl/α,β-unsaturated/α-hetero) is 1. The second kappa shape index (κ2) is 8.52. The van der Waals surface area contributed by atoms with Crippen molar-refractivity contribution in [2.45, 2.75) is 45.8 Å². The number of nitrogens with one attached hydrogen (secondary N) is 1. The van der Waals surface area contributed by atoms with Gasteiger partial charge in [0, 0.05) is 24.2 Å². The van der Waals surface area contributed by atoms with Gasteiger partial charge in [-0.3, -0.25) is 9.69 Å². The van der Waals surface area contributed by atoms with Crippen LogP contribution in [0.1, 0.15) is 51.4 Å². The van der Waals surface area contributed by atoms with Crippen molar-refractivity contribution < 1.29 is 14.3 Å². The zero-order chi connectivity index (χ0) is 21.0. The summed E-state index contributed by atoms with van der Waals surface area (Å²) in [5, 5.41) is 1.07. The molecule has 3 rings (SSSR count). The van der Waals surface area contributed by atoms with Crippen LogP contribution >= 0.6 is 0 Å². The number of para-hydroxylation sites is 1. The second-order valence-corrected chi connectivity index (χ2v) is 8.25. The van der Waals surface area contributed by atoms with Crippen LogP contribution in [0.2, 0.25) is 0 Å². The van der Waals surface area contributed by atoms with Gasteiger partial charge in [0.25, 0.3) is 0 Å². The quantitative estimate of drug-likeness (QED) is 0.605. The molecule has 2 aromatic carbocycles. The van der Waals surface area contributed by atoms with Crippen molar-refractivity contribution in [3.8, 4) is 0 Å². The van der Waals surface area contributed by atoms with E-state index in [1.807, 2.05) is 75.4 Å². The Morgan fingerprint density at radius 3 is 2.31 bits per heavy atom. The van der Waals surface area contributed by atoms with Crippen molar-refractivity contribution >= 4 is 22.8 Å². The van der Waals surface area contributed by atoms with Gasteiger partial charge in [0.15, 0.2) is 0 Å². The molecule has 0 radical (unpaired) electrons. The topological polar surface area (TPSA) is 62.4 Å². The minimum Gasteiger partial charge on any atom is -0.444 e. The molecule has 0 aliphatic carbocycles. The van der Waals surface area contributed by atoms with Gasteiger partial charge < -0.3 is 9.72 Å². The van der Waals surface area contributed by atoms with Crippen LogP contribution < -0.4 is 0 Å².